The van der Waals surface area contributed by atoms with Gasteiger partial charge in [0.15, 0.2) is 5.84 Å². The number of aryl methyl sites for hydroxylation is 1. The van der Waals surface area contributed by atoms with Gasteiger partial charge in [0.1, 0.15) is 12.4 Å². The Labute approximate surface area is 77.2 Å². The van der Waals surface area contributed by atoms with Crippen molar-refractivity contribution < 1.29 is 4.74 Å². The highest BCUT2D eigenvalue weighted by Crippen LogP contribution is 2.11. The standard InChI is InChI=1S/C9H13N3O/c1-7-3-2-4-8(5-7)13-6-9(10)12-11/h2-5H,6,11H2,1H3,(H2,10,12). The van der Waals surface area contributed by atoms with Crippen molar-refractivity contribution in [3.05, 3.63) is 29.8 Å². The van der Waals surface area contributed by atoms with Gasteiger partial charge >= 0.3 is 0 Å². The summed E-state index contributed by atoms with van der Waals surface area (Å²) >= 11 is 0. The fraction of sp³-hybridized carbons (Fsp3) is 0.222. The third kappa shape index (κ3) is 3.02. The first-order chi connectivity index (χ1) is 6.22. The maximum Gasteiger partial charge on any atom is 0.157 e. The predicted octanol–water partition coefficient (Wildman–Crippen LogP) is 0.605. The van der Waals surface area contributed by atoms with Crippen LogP contribution in [0.5, 0.6) is 5.75 Å². The molecule has 0 atom stereocenters. The Hall–Kier alpha value is -1.71. The van der Waals surface area contributed by atoms with Gasteiger partial charge in [-0.2, -0.15) is 5.10 Å². The summed E-state index contributed by atoms with van der Waals surface area (Å²) in [4.78, 5) is 0. The van der Waals surface area contributed by atoms with E-state index >= 15 is 0 Å². The second-order valence-electron chi connectivity index (χ2n) is 2.73. The Bertz CT molecular complexity index is 309. The molecule has 0 heterocycles. The lowest BCUT2D eigenvalue weighted by Crippen LogP contribution is -2.22. The van der Waals surface area contributed by atoms with Crippen molar-refractivity contribution in [3.8, 4) is 5.75 Å². The van der Waals surface area contributed by atoms with Crippen LogP contribution in [0.3, 0.4) is 0 Å². The number of amidine groups is 1. The van der Waals surface area contributed by atoms with E-state index in [1.807, 2.05) is 31.2 Å². The molecule has 1 aromatic rings. The van der Waals surface area contributed by atoms with Crippen LogP contribution < -0.4 is 16.3 Å². The van der Waals surface area contributed by atoms with E-state index in [0.717, 1.165) is 11.3 Å². The van der Waals surface area contributed by atoms with Gasteiger partial charge < -0.3 is 16.3 Å². The quantitative estimate of drug-likeness (QED) is 0.309. The molecular weight excluding hydrogens is 166 g/mol. The minimum absolute atomic E-state index is 0.222. The van der Waals surface area contributed by atoms with Crippen molar-refractivity contribution in [2.24, 2.45) is 16.7 Å². The number of hydrogen-bond donors (Lipinski definition) is 2. The Morgan fingerprint density at radius 1 is 1.54 bits per heavy atom. The molecule has 0 aliphatic heterocycles. The molecule has 4 N–H and O–H groups in total. The van der Waals surface area contributed by atoms with E-state index in [-0.39, 0.29) is 12.4 Å². The maximum absolute atomic E-state index is 5.36. The first-order valence-corrected chi connectivity index (χ1v) is 3.94. The van der Waals surface area contributed by atoms with Gasteiger partial charge in [-0.3, -0.25) is 0 Å². The summed E-state index contributed by atoms with van der Waals surface area (Å²) in [5.74, 6) is 6.00. The minimum Gasteiger partial charge on any atom is -0.486 e. The van der Waals surface area contributed by atoms with Gasteiger partial charge in [-0.1, -0.05) is 12.1 Å². The lowest BCUT2D eigenvalue weighted by molar-refractivity contribution is 0.374. The summed E-state index contributed by atoms with van der Waals surface area (Å²) in [6.07, 6.45) is 0. The lowest BCUT2D eigenvalue weighted by atomic mass is 10.2. The van der Waals surface area contributed by atoms with E-state index in [1.54, 1.807) is 0 Å². The Morgan fingerprint density at radius 3 is 2.92 bits per heavy atom. The number of nitrogens with zero attached hydrogens (tertiary/aromatic N) is 1. The SMILES string of the molecule is Cc1cccc(OC/C(N)=N/N)c1. The highest BCUT2D eigenvalue weighted by Gasteiger charge is 1.95. The molecule has 0 saturated heterocycles. The summed E-state index contributed by atoms with van der Waals surface area (Å²) in [5.41, 5.74) is 6.50. The summed E-state index contributed by atoms with van der Waals surface area (Å²) in [6.45, 7) is 2.22. The largest absolute Gasteiger partial charge is 0.486 e. The molecular formula is C9H13N3O. The molecule has 0 spiro atoms. The second-order valence-corrected chi connectivity index (χ2v) is 2.73. The number of hydrazone groups is 1. The molecule has 0 radical (unpaired) electrons. The monoisotopic (exact) mass is 179 g/mol. The molecule has 0 unspecified atom stereocenters. The van der Waals surface area contributed by atoms with Crippen LogP contribution in [0.4, 0.5) is 0 Å². The fourth-order valence-corrected chi connectivity index (χ4v) is 0.900. The Balaban J connectivity index is 2.55. The Kier molecular flexibility index (Phi) is 3.14. The van der Waals surface area contributed by atoms with Crippen molar-refractivity contribution in [2.45, 2.75) is 6.92 Å². The van der Waals surface area contributed by atoms with E-state index < -0.39 is 0 Å². The molecule has 0 aliphatic carbocycles. The summed E-state index contributed by atoms with van der Waals surface area (Å²) in [5, 5.41) is 3.30. The van der Waals surface area contributed by atoms with Crippen LogP contribution in [0, 0.1) is 6.92 Å². The topological polar surface area (TPSA) is 73.6 Å². The average Bonchev–Trinajstić information content (AvgIpc) is 2.14. The second kappa shape index (κ2) is 4.35. The average molecular weight is 179 g/mol. The van der Waals surface area contributed by atoms with Crippen LogP contribution in [0.25, 0.3) is 0 Å². The normalized spacial score (nSPS) is 11.3. The van der Waals surface area contributed by atoms with Crippen LogP contribution in [0.2, 0.25) is 0 Å². The zero-order chi connectivity index (χ0) is 9.68. The van der Waals surface area contributed by atoms with Gasteiger partial charge in [-0.05, 0) is 24.6 Å². The summed E-state index contributed by atoms with van der Waals surface area (Å²) in [7, 11) is 0. The molecule has 1 rings (SSSR count). The zero-order valence-electron chi connectivity index (χ0n) is 7.53. The first-order valence-electron chi connectivity index (χ1n) is 3.94. The molecule has 0 saturated carbocycles. The van der Waals surface area contributed by atoms with Gasteiger partial charge in [-0.15, -0.1) is 0 Å². The molecule has 70 valence electrons. The van der Waals surface area contributed by atoms with Crippen LogP contribution >= 0.6 is 0 Å². The number of benzene rings is 1. The van der Waals surface area contributed by atoms with Gasteiger partial charge in [-0.25, -0.2) is 0 Å². The fourth-order valence-electron chi connectivity index (χ4n) is 0.900. The van der Waals surface area contributed by atoms with Crippen molar-refractivity contribution in [3.63, 3.8) is 0 Å². The molecule has 0 amide bonds. The number of ether oxygens (including phenoxy) is 1. The minimum atomic E-state index is 0.222. The molecule has 1 aromatic carbocycles. The van der Waals surface area contributed by atoms with Gasteiger partial charge in [0.05, 0.1) is 0 Å². The van der Waals surface area contributed by atoms with E-state index in [1.165, 1.54) is 0 Å². The van der Waals surface area contributed by atoms with Crippen LogP contribution in [0.1, 0.15) is 5.56 Å². The van der Waals surface area contributed by atoms with E-state index in [0.29, 0.717) is 0 Å². The zero-order valence-corrected chi connectivity index (χ0v) is 7.53. The number of hydrogen-bond acceptors (Lipinski definition) is 3. The number of nitrogens with two attached hydrogens (primary N) is 2. The first kappa shape index (κ1) is 9.38. The number of rotatable bonds is 3. The van der Waals surface area contributed by atoms with Crippen LogP contribution in [-0.4, -0.2) is 12.4 Å². The molecule has 4 nitrogen and oxygen atoms in total. The molecule has 0 aromatic heterocycles. The lowest BCUT2D eigenvalue weighted by Gasteiger charge is -2.05. The maximum atomic E-state index is 5.36. The van der Waals surface area contributed by atoms with Crippen molar-refractivity contribution >= 4 is 5.84 Å². The molecule has 0 bridgehead atoms. The molecule has 13 heavy (non-hydrogen) atoms. The van der Waals surface area contributed by atoms with E-state index in [4.69, 9.17) is 16.3 Å². The van der Waals surface area contributed by atoms with Crippen LogP contribution in [0.15, 0.2) is 29.4 Å². The molecule has 0 aliphatic rings. The highest BCUT2D eigenvalue weighted by molar-refractivity contribution is 5.81. The third-order valence-electron chi connectivity index (χ3n) is 1.54. The smallest absolute Gasteiger partial charge is 0.157 e. The molecule has 4 heteroatoms. The van der Waals surface area contributed by atoms with E-state index in [9.17, 15) is 0 Å². The van der Waals surface area contributed by atoms with Crippen LogP contribution in [-0.2, 0) is 0 Å². The Morgan fingerprint density at radius 2 is 2.31 bits per heavy atom. The highest BCUT2D eigenvalue weighted by atomic mass is 16.5. The van der Waals surface area contributed by atoms with Gasteiger partial charge in [0.2, 0.25) is 0 Å². The third-order valence-corrected chi connectivity index (χ3v) is 1.54. The summed E-state index contributed by atoms with van der Waals surface area (Å²) < 4.78 is 5.30. The van der Waals surface area contributed by atoms with E-state index in [2.05, 4.69) is 5.10 Å². The predicted molar refractivity (Wildman–Crippen MR) is 52.5 cm³/mol. The summed E-state index contributed by atoms with van der Waals surface area (Å²) in [6, 6.07) is 7.69. The molecule has 0 fully saturated rings. The van der Waals surface area contributed by atoms with Gasteiger partial charge in [0.25, 0.3) is 0 Å². The van der Waals surface area contributed by atoms with Gasteiger partial charge in [0, 0.05) is 0 Å². The van der Waals surface area contributed by atoms with Crippen molar-refractivity contribution in [1.29, 1.82) is 0 Å². The van der Waals surface area contributed by atoms with Crippen molar-refractivity contribution in [1.82, 2.24) is 0 Å². The van der Waals surface area contributed by atoms with Crippen molar-refractivity contribution in [2.75, 3.05) is 6.61 Å².